The zero-order valence-electron chi connectivity index (χ0n) is 15.9. The fraction of sp³-hybridized carbons (Fsp3) is 0.882. The van der Waals surface area contributed by atoms with Crippen LogP contribution < -0.4 is 10.6 Å². The zero-order valence-corrected chi connectivity index (χ0v) is 15.9. The molecule has 1 aliphatic heterocycles. The molecule has 1 saturated heterocycles. The Labute approximate surface area is 155 Å². The topological polar surface area (TPSA) is 109 Å². The summed E-state index contributed by atoms with van der Waals surface area (Å²) in [7, 11) is 0. The number of hydrogen-bond donors (Lipinski definition) is 3. The van der Waals surface area contributed by atoms with Gasteiger partial charge in [-0.05, 0) is 13.5 Å². The third kappa shape index (κ3) is 8.91. The van der Waals surface area contributed by atoms with Crippen LogP contribution in [-0.4, -0.2) is 99.8 Å². The Hall–Kier alpha value is -1.26. The van der Waals surface area contributed by atoms with Crippen molar-refractivity contribution in [2.24, 2.45) is 0 Å². The van der Waals surface area contributed by atoms with Gasteiger partial charge in [0.2, 0.25) is 11.8 Å². The summed E-state index contributed by atoms with van der Waals surface area (Å²) < 4.78 is 16.0. The van der Waals surface area contributed by atoms with Gasteiger partial charge in [-0.25, -0.2) is 0 Å². The molecule has 2 atom stereocenters. The summed E-state index contributed by atoms with van der Waals surface area (Å²) in [5.74, 6) is -0.542. The maximum Gasteiger partial charge on any atom is 0.249 e. The Morgan fingerprint density at radius 3 is 2.35 bits per heavy atom. The second kappa shape index (κ2) is 13.9. The van der Waals surface area contributed by atoms with Gasteiger partial charge in [0.05, 0.1) is 39.1 Å². The summed E-state index contributed by atoms with van der Waals surface area (Å²) in [6, 6.07) is -0.628. The molecule has 2 amide bonds. The number of aliphatic hydroxyl groups is 1. The lowest BCUT2D eigenvalue weighted by atomic mass is 10.2. The molecule has 0 aromatic carbocycles. The number of rotatable bonds is 14. The van der Waals surface area contributed by atoms with Crippen LogP contribution in [0, 0.1) is 0 Å². The number of amides is 2. The van der Waals surface area contributed by atoms with E-state index >= 15 is 0 Å². The molecule has 1 fully saturated rings. The monoisotopic (exact) mass is 375 g/mol. The fourth-order valence-corrected chi connectivity index (χ4v) is 2.63. The molecule has 9 heteroatoms. The van der Waals surface area contributed by atoms with Crippen molar-refractivity contribution in [2.45, 2.75) is 32.4 Å². The van der Waals surface area contributed by atoms with Crippen molar-refractivity contribution in [2.75, 3.05) is 65.8 Å². The number of ether oxygens (including phenoxy) is 3. The lowest BCUT2D eigenvalue weighted by molar-refractivity contribution is -0.142. The van der Waals surface area contributed by atoms with Crippen LogP contribution in [0.2, 0.25) is 0 Å². The molecule has 9 nitrogen and oxygen atoms in total. The normalized spacial score (nSPS) is 19.7. The summed E-state index contributed by atoms with van der Waals surface area (Å²) in [6.07, 6.45) is -0.420. The number of aliphatic hydroxyl groups excluding tert-OH is 1. The zero-order chi connectivity index (χ0) is 19.2. The van der Waals surface area contributed by atoms with Gasteiger partial charge in [-0.1, -0.05) is 6.92 Å². The molecule has 1 aliphatic rings. The van der Waals surface area contributed by atoms with Gasteiger partial charge in [0.1, 0.15) is 12.6 Å². The Morgan fingerprint density at radius 2 is 1.69 bits per heavy atom. The molecule has 0 bridgehead atoms. The highest BCUT2D eigenvalue weighted by Crippen LogP contribution is 2.18. The fourth-order valence-electron chi connectivity index (χ4n) is 2.63. The molecule has 0 aromatic heterocycles. The Bertz CT molecular complexity index is 410. The average Bonchev–Trinajstić information content (AvgIpc) is 3.02. The van der Waals surface area contributed by atoms with Crippen molar-refractivity contribution in [3.8, 4) is 0 Å². The second-order valence-electron chi connectivity index (χ2n) is 5.98. The van der Waals surface area contributed by atoms with Crippen LogP contribution in [0.15, 0.2) is 0 Å². The number of nitrogens with zero attached hydrogens (tertiary/aromatic N) is 1. The standard InChI is InChI=1S/C17H33N3O6/c1-3-18-5-6-24-7-8-25-9-10-26-13-16(22)20-12-14(21)11-15(20)17(23)19-4-2/h14-15,18,21H,3-13H2,1-2H3,(H,19,23). The maximum atomic E-state index is 12.2. The first-order valence-electron chi connectivity index (χ1n) is 9.29. The van der Waals surface area contributed by atoms with Gasteiger partial charge in [0.15, 0.2) is 0 Å². The van der Waals surface area contributed by atoms with Crippen molar-refractivity contribution in [1.29, 1.82) is 0 Å². The lowest BCUT2D eigenvalue weighted by Crippen LogP contribution is -2.47. The number of carbonyl (C=O) groups excluding carboxylic acids is 2. The van der Waals surface area contributed by atoms with E-state index in [1.807, 2.05) is 13.8 Å². The highest BCUT2D eigenvalue weighted by atomic mass is 16.5. The molecule has 1 rings (SSSR count). The number of nitrogens with one attached hydrogen (secondary N) is 2. The Balaban J connectivity index is 2.09. The van der Waals surface area contributed by atoms with Crippen molar-refractivity contribution in [3.63, 3.8) is 0 Å². The van der Waals surface area contributed by atoms with E-state index in [4.69, 9.17) is 14.2 Å². The average molecular weight is 375 g/mol. The molecule has 3 N–H and O–H groups in total. The third-order valence-electron chi connectivity index (χ3n) is 3.90. The molecule has 26 heavy (non-hydrogen) atoms. The highest BCUT2D eigenvalue weighted by Gasteiger charge is 2.38. The van der Waals surface area contributed by atoms with Crippen molar-refractivity contribution in [1.82, 2.24) is 15.5 Å². The lowest BCUT2D eigenvalue weighted by Gasteiger charge is -2.23. The molecule has 152 valence electrons. The van der Waals surface area contributed by atoms with Crippen LogP contribution in [0.4, 0.5) is 0 Å². The van der Waals surface area contributed by atoms with E-state index in [0.717, 1.165) is 13.1 Å². The smallest absolute Gasteiger partial charge is 0.249 e. The molecule has 0 aliphatic carbocycles. The van der Waals surface area contributed by atoms with Crippen molar-refractivity contribution < 1.29 is 28.9 Å². The minimum absolute atomic E-state index is 0.134. The Kier molecular flexibility index (Phi) is 12.2. The summed E-state index contributed by atoms with van der Waals surface area (Å²) in [5, 5.41) is 15.6. The van der Waals surface area contributed by atoms with Gasteiger partial charge in [-0.15, -0.1) is 0 Å². The minimum atomic E-state index is -0.678. The SMILES string of the molecule is CCNCCOCCOCCOCC(=O)N1CC(O)CC1C(=O)NCC. The largest absolute Gasteiger partial charge is 0.391 e. The molecule has 0 saturated carbocycles. The van der Waals surface area contributed by atoms with Gasteiger partial charge in [-0.3, -0.25) is 9.59 Å². The first kappa shape index (κ1) is 22.8. The van der Waals surface area contributed by atoms with Gasteiger partial charge in [0.25, 0.3) is 0 Å². The van der Waals surface area contributed by atoms with E-state index in [-0.39, 0.29) is 38.0 Å². The van der Waals surface area contributed by atoms with Crippen LogP contribution in [0.3, 0.4) is 0 Å². The number of likely N-dealkylation sites (N-methyl/N-ethyl adjacent to an activating group) is 2. The number of hydrogen-bond acceptors (Lipinski definition) is 7. The van der Waals surface area contributed by atoms with Crippen LogP contribution in [-0.2, 0) is 23.8 Å². The molecule has 2 unspecified atom stereocenters. The highest BCUT2D eigenvalue weighted by molar-refractivity contribution is 5.88. The second-order valence-corrected chi connectivity index (χ2v) is 5.98. The van der Waals surface area contributed by atoms with Crippen molar-refractivity contribution >= 4 is 11.8 Å². The molecular weight excluding hydrogens is 342 g/mol. The number of carbonyl (C=O) groups is 2. The van der Waals surface area contributed by atoms with Crippen LogP contribution >= 0.6 is 0 Å². The molecular formula is C17H33N3O6. The van der Waals surface area contributed by atoms with Gasteiger partial charge < -0.3 is 34.9 Å². The molecule has 0 spiro atoms. The summed E-state index contributed by atoms with van der Waals surface area (Å²) in [6.45, 7) is 8.40. The van der Waals surface area contributed by atoms with Crippen LogP contribution in [0.1, 0.15) is 20.3 Å². The van der Waals surface area contributed by atoms with Crippen LogP contribution in [0.5, 0.6) is 0 Å². The van der Waals surface area contributed by atoms with E-state index < -0.39 is 12.1 Å². The third-order valence-corrected chi connectivity index (χ3v) is 3.90. The van der Waals surface area contributed by atoms with Gasteiger partial charge in [-0.2, -0.15) is 0 Å². The van der Waals surface area contributed by atoms with Gasteiger partial charge >= 0.3 is 0 Å². The maximum absolute atomic E-state index is 12.2. The van der Waals surface area contributed by atoms with Crippen molar-refractivity contribution in [3.05, 3.63) is 0 Å². The quantitative estimate of drug-likeness (QED) is 0.325. The van der Waals surface area contributed by atoms with E-state index in [1.165, 1.54) is 4.90 Å². The first-order valence-corrected chi connectivity index (χ1v) is 9.29. The van der Waals surface area contributed by atoms with E-state index in [0.29, 0.717) is 33.0 Å². The predicted molar refractivity (Wildman–Crippen MR) is 95.8 cm³/mol. The predicted octanol–water partition coefficient (Wildman–Crippen LogP) is -1.26. The summed E-state index contributed by atoms with van der Waals surface area (Å²) in [4.78, 5) is 25.6. The van der Waals surface area contributed by atoms with Gasteiger partial charge in [0, 0.05) is 26.1 Å². The first-order chi connectivity index (χ1) is 12.6. The molecule has 1 heterocycles. The number of likely N-dealkylation sites (tertiary alicyclic amines) is 1. The summed E-state index contributed by atoms with van der Waals surface area (Å²) >= 11 is 0. The number of β-amino-alcohol motifs (C(OH)–C–C–N with tert-alkyl or cyclic N) is 1. The van der Waals surface area contributed by atoms with Crippen LogP contribution in [0.25, 0.3) is 0 Å². The van der Waals surface area contributed by atoms with E-state index in [2.05, 4.69) is 10.6 Å². The summed E-state index contributed by atoms with van der Waals surface area (Å²) in [5.41, 5.74) is 0. The molecule has 0 radical (unpaired) electrons. The van der Waals surface area contributed by atoms with E-state index in [9.17, 15) is 14.7 Å². The molecule has 0 aromatic rings. The Morgan fingerprint density at radius 1 is 1.04 bits per heavy atom. The van der Waals surface area contributed by atoms with E-state index in [1.54, 1.807) is 0 Å². The minimum Gasteiger partial charge on any atom is -0.391 e.